The van der Waals surface area contributed by atoms with Gasteiger partial charge in [-0.3, -0.25) is 0 Å². The summed E-state index contributed by atoms with van der Waals surface area (Å²) in [7, 11) is 2.08. The molecule has 0 amide bonds. The van der Waals surface area contributed by atoms with Gasteiger partial charge in [-0.05, 0) is 45.1 Å². The molecule has 1 rings (SSSR count). The Morgan fingerprint density at radius 3 is 2.50 bits per heavy atom. The van der Waals surface area contributed by atoms with Gasteiger partial charge in [-0.1, -0.05) is 19.3 Å². The minimum absolute atomic E-state index is 0.348. The van der Waals surface area contributed by atoms with Crippen molar-refractivity contribution >= 4 is 0 Å². The molecule has 0 spiro atoms. The molecule has 1 fully saturated rings. The number of aliphatic hydroxyl groups is 1. The van der Waals surface area contributed by atoms with Crippen molar-refractivity contribution in [2.45, 2.75) is 57.4 Å². The van der Waals surface area contributed by atoms with Crippen molar-refractivity contribution in [1.29, 1.82) is 0 Å². The van der Waals surface area contributed by atoms with Crippen molar-refractivity contribution < 1.29 is 5.11 Å². The van der Waals surface area contributed by atoms with E-state index in [1.807, 2.05) is 0 Å². The Labute approximate surface area is 88.1 Å². The molecule has 0 radical (unpaired) electrons. The van der Waals surface area contributed by atoms with E-state index >= 15 is 0 Å². The maximum absolute atomic E-state index is 8.74. The largest absolute Gasteiger partial charge is 0.396 e. The van der Waals surface area contributed by atoms with Crippen molar-refractivity contribution in [1.82, 2.24) is 5.32 Å². The predicted octanol–water partition coefficient (Wildman–Crippen LogP) is 2.32. The molecule has 0 heterocycles. The second-order valence-electron chi connectivity index (χ2n) is 4.51. The fourth-order valence-electron chi connectivity index (χ4n) is 2.63. The van der Waals surface area contributed by atoms with Crippen LogP contribution in [0, 0.1) is 5.92 Å². The van der Waals surface area contributed by atoms with E-state index in [1.165, 1.54) is 44.9 Å². The highest BCUT2D eigenvalue weighted by atomic mass is 16.2. The van der Waals surface area contributed by atoms with Gasteiger partial charge in [-0.25, -0.2) is 0 Å². The predicted molar refractivity (Wildman–Crippen MR) is 60.4 cm³/mol. The minimum Gasteiger partial charge on any atom is -0.396 e. The van der Waals surface area contributed by atoms with Crippen molar-refractivity contribution in [3.8, 4) is 0 Å². The quantitative estimate of drug-likeness (QED) is 0.643. The van der Waals surface area contributed by atoms with Crippen LogP contribution in [0.3, 0.4) is 0 Å². The van der Waals surface area contributed by atoms with Crippen molar-refractivity contribution in [2.75, 3.05) is 13.7 Å². The Bertz CT molecular complexity index is 132. The Balaban J connectivity index is 2.21. The summed E-state index contributed by atoms with van der Waals surface area (Å²) in [4.78, 5) is 0. The maximum atomic E-state index is 8.74. The molecule has 0 saturated heterocycles. The fraction of sp³-hybridized carbons (Fsp3) is 1.00. The molecule has 1 aliphatic carbocycles. The lowest BCUT2D eigenvalue weighted by Crippen LogP contribution is -2.34. The number of hydrogen-bond donors (Lipinski definition) is 2. The van der Waals surface area contributed by atoms with E-state index in [2.05, 4.69) is 12.4 Å². The van der Waals surface area contributed by atoms with Crippen LogP contribution in [0.1, 0.15) is 51.4 Å². The zero-order chi connectivity index (χ0) is 10.2. The highest BCUT2D eigenvalue weighted by Crippen LogP contribution is 2.28. The molecule has 84 valence electrons. The Kier molecular flexibility index (Phi) is 6.20. The monoisotopic (exact) mass is 199 g/mol. The standard InChI is InChI=1S/C12H25NO/c1-13-12(9-5-6-10-14)11-7-3-2-4-8-11/h11-14H,2-10H2,1H3. The van der Waals surface area contributed by atoms with Crippen LogP contribution in [-0.4, -0.2) is 24.8 Å². The molecule has 1 atom stereocenters. The average Bonchev–Trinajstić information content (AvgIpc) is 2.26. The summed E-state index contributed by atoms with van der Waals surface area (Å²) in [6.07, 6.45) is 10.5. The molecule has 14 heavy (non-hydrogen) atoms. The topological polar surface area (TPSA) is 32.3 Å². The van der Waals surface area contributed by atoms with Crippen LogP contribution in [0.4, 0.5) is 0 Å². The molecule has 0 aromatic rings. The third-order valence-corrected chi connectivity index (χ3v) is 3.51. The van der Waals surface area contributed by atoms with E-state index < -0.39 is 0 Å². The molecule has 1 aliphatic rings. The second kappa shape index (κ2) is 7.24. The third-order valence-electron chi connectivity index (χ3n) is 3.51. The van der Waals surface area contributed by atoms with Crippen LogP contribution in [0.25, 0.3) is 0 Å². The highest BCUT2D eigenvalue weighted by Gasteiger charge is 2.21. The summed E-state index contributed by atoms with van der Waals surface area (Å²) in [5, 5.41) is 12.2. The first-order chi connectivity index (χ1) is 6.88. The summed E-state index contributed by atoms with van der Waals surface area (Å²) in [5.74, 6) is 0.896. The summed E-state index contributed by atoms with van der Waals surface area (Å²) in [6, 6.07) is 0.696. The Hall–Kier alpha value is -0.0800. The molecule has 0 bridgehead atoms. The molecule has 1 saturated carbocycles. The molecule has 1 unspecified atom stereocenters. The smallest absolute Gasteiger partial charge is 0.0431 e. The third kappa shape index (κ3) is 3.97. The Morgan fingerprint density at radius 2 is 1.93 bits per heavy atom. The van der Waals surface area contributed by atoms with E-state index in [0.717, 1.165) is 12.3 Å². The van der Waals surface area contributed by atoms with Crippen molar-refractivity contribution in [2.24, 2.45) is 5.92 Å². The molecule has 0 aromatic carbocycles. The first-order valence-corrected chi connectivity index (χ1v) is 6.16. The number of rotatable bonds is 6. The first kappa shape index (κ1) is 12.0. The lowest BCUT2D eigenvalue weighted by Gasteiger charge is -2.30. The van der Waals surface area contributed by atoms with Gasteiger partial charge in [0.25, 0.3) is 0 Å². The van der Waals surface area contributed by atoms with E-state index in [0.29, 0.717) is 12.6 Å². The lowest BCUT2D eigenvalue weighted by molar-refractivity contribution is 0.247. The normalized spacial score (nSPS) is 21.0. The van der Waals surface area contributed by atoms with Crippen LogP contribution in [-0.2, 0) is 0 Å². The second-order valence-corrected chi connectivity index (χ2v) is 4.51. The van der Waals surface area contributed by atoms with Crippen LogP contribution in [0.5, 0.6) is 0 Å². The summed E-state index contributed by atoms with van der Waals surface area (Å²) >= 11 is 0. The summed E-state index contributed by atoms with van der Waals surface area (Å²) in [5.41, 5.74) is 0. The van der Waals surface area contributed by atoms with Gasteiger partial charge in [0.15, 0.2) is 0 Å². The molecule has 2 nitrogen and oxygen atoms in total. The van der Waals surface area contributed by atoms with Crippen LogP contribution < -0.4 is 5.32 Å². The number of hydrogen-bond acceptors (Lipinski definition) is 2. The van der Waals surface area contributed by atoms with Crippen molar-refractivity contribution in [3.63, 3.8) is 0 Å². The number of nitrogens with one attached hydrogen (secondary N) is 1. The van der Waals surface area contributed by atoms with Gasteiger partial charge < -0.3 is 10.4 Å². The van der Waals surface area contributed by atoms with Gasteiger partial charge in [0.05, 0.1) is 0 Å². The molecule has 2 N–H and O–H groups in total. The van der Waals surface area contributed by atoms with Crippen LogP contribution >= 0.6 is 0 Å². The highest BCUT2D eigenvalue weighted by molar-refractivity contribution is 4.78. The summed E-state index contributed by atoms with van der Waals surface area (Å²) in [6.45, 7) is 0.348. The molecule has 2 heteroatoms. The average molecular weight is 199 g/mol. The van der Waals surface area contributed by atoms with Gasteiger partial charge in [0.1, 0.15) is 0 Å². The van der Waals surface area contributed by atoms with Gasteiger partial charge >= 0.3 is 0 Å². The zero-order valence-corrected chi connectivity index (χ0v) is 9.47. The van der Waals surface area contributed by atoms with Gasteiger partial charge in [-0.15, -0.1) is 0 Å². The van der Waals surface area contributed by atoms with E-state index in [4.69, 9.17) is 5.11 Å². The van der Waals surface area contributed by atoms with E-state index in [-0.39, 0.29) is 0 Å². The van der Waals surface area contributed by atoms with Gasteiger partial charge in [0.2, 0.25) is 0 Å². The van der Waals surface area contributed by atoms with Gasteiger partial charge in [-0.2, -0.15) is 0 Å². The molecule has 0 aliphatic heterocycles. The lowest BCUT2D eigenvalue weighted by atomic mass is 9.82. The number of unbranched alkanes of at least 4 members (excludes halogenated alkanes) is 1. The molecular formula is C12H25NO. The summed E-state index contributed by atoms with van der Waals surface area (Å²) < 4.78 is 0. The SMILES string of the molecule is CNC(CCCCO)C1CCCCC1. The Morgan fingerprint density at radius 1 is 1.21 bits per heavy atom. The zero-order valence-electron chi connectivity index (χ0n) is 9.47. The van der Waals surface area contributed by atoms with E-state index in [1.54, 1.807) is 0 Å². The maximum Gasteiger partial charge on any atom is 0.0431 e. The molecule has 0 aromatic heterocycles. The number of aliphatic hydroxyl groups excluding tert-OH is 1. The van der Waals surface area contributed by atoms with Crippen LogP contribution in [0.2, 0.25) is 0 Å². The van der Waals surface area contributed by atoms with Gasteiger partial charge in [0, 0.05) is 12.6 Å². The molecular weight excluding hydrogens is 174 g/mol. The van der Waals surface area contributed by atoms with Crippen molar-refractivity contribution in [3.05, 3.63) is 0 Å². The first-order valence-electron chi connectivity index (χ1n) is 6.16. The minimum atomic E-state index is 0.348. The fourth-order valence-corrected chi connectivity index (χ4v) is 2.63. The van der Waals surface area contributed by atoms with Crippen LogP contribution in [0.15, 0.2) is 0 Å². The van der Waals surface area contributed by atoms with E-state index in [9.17, 15) is 0 Å².